The first-order valence-corrected chi connectivity index (χ1v) is 11.0. The van der Waals surface area contributed by atoms with E-state index >= 15 is 0 Å². The zero-order chi connectivity index (χ0) is 18.2. The molecule has 3 rings (SSSR count). The molecule has 1 heteroatoms. The lowest BCUT2D eigenvalue weighted by atomic mass is 9.68. The fourth-order valence-electron chi connectivity index (χ4n) is 5.45. The average Bonchev–Trinajstić information content (AvgIpc) is 2.70. The van der Waals surface area contributed by atoms with Crippen molar-refractivity contribution in [1.29, 1.82) is 0 Å². The first-order chi connectivity index (χ1) is 12.8. The van der Waals surface area contributed by atoms with Gasteiger partial charge < -0.3 is 0 Å². The van der Waals surface area contributed by atoms with Gasteiger partial charge in [0.1, 0.15) is 6.17 Å². The molecule has 2 fully saturated rings. The largest absolute Gasteiger partial charge is 0.144 e. The van der Waals surface area contributed by atoms with Crippen LogP contribution in [0.15, 0.2) is 24.3 Å². The van der Waals surface area contributed by atoms with Gasteiger partial charge in [-0.25, -0.2) is 0 Å². The number of halogens is 1. The van der Waals surface area contributed by atoms with E-state index in [-0.39, 0.29) is 0 Å². The Labute approximate surface area is 160 Å². The Morgan fingerprint density at radius 2 is 1.46 bits per heavy atom. The van der Waals surface area contributed by atoms with E-state index in [1.54, 1.807) is 0 Å². The highest BCUT2D eigenvalue weighted by Crippen LogP contribution is 2.44. The summed E-state index contributed by atoms with van der Waals surface area (Å²) in [6, 6.07) is 8.25. The molecule has 0 spiro atoms. The normalized spacial score (nSPS) is 29.0. The summed E-state index contributed by atoms with van der Waals surface area (Å²) in [5.74, 6) is 6.19. The van der Waals surface area contributed by atoms with E-state index in [1.807, 2.05) is 12.1 Å². The van der Waals surface area contributed by atoms with Gasteiger partial charge >= 0.3 is 0 Å². The average molecular weight is 355 g/mol. The Morgan fingerprint density at radius 3 is 2.04 bits per heavy atom. The molecule has 0 amide bonds. The number of rotatable bonds is 6. The van der Waals surface area contributed by atoms with Gasteiger partial charge in [-0.3, -0.25) is 0 Å². The summed E-state index contributed by atoms with van der Waals surface area (Å²) in [5.41, 5.74) is 2.20. The highest BCUT2D eigenvalue weighted by atomic mass is 19.1. The first kappa shape index (κ1) is 19.5. The van der Waals surface area contributed by atoms with Crippen LogP contribution in [0.25, 0.3) is 0 Å². The van der Waals surface area contributed by atoms with Gasteiger partial charge in [-0.15, -0.1) is 4.39 Å². The van der Waals surface area contributed by atoms with Gasteiger partial charge in [0, 0.05) is 5.56 Å². The van der Waals surface area contributed by atoms with Gasteiger partial charge in [0.15, 0.2) is 0 Å². The van der Waals surface area contributed by atoms with E-state index in [1.165, 1.54) is 88.8 Å². The Bertz CT molecular complexity index is 575. The molecule has 0 aliphatic heterocycles. The Morgan fingerprint density at radius 1 is 0.846 bits per heavy atom. The SMILES string of the molecule is CCCCC[C@H]1CC[C@H](C2CCC(c3ccc(C#CF)cc3)CC2)CC1. The minimum atomic E-state index is 0.698. The number of benzene rings is 1. The summed E-state index contributed by atoms with van der Waals surface area (Å²) < 4.78 is 12.1. The van der Waals surface area contributed by atoms with Gasteiger partial charge in [-0.1, -0.05) is 57.6 Å². The van der Waals surface area contributed by atoms with E-state index in [0.29, 0.717) is 5.92 Å². The van der Waals surface area contributed by atoms with Crippen molar-refractivity contribution in [1.82, 2.24) is 0 Å². The van der Waals surface area contributed by atoms with Crippen molar-refractivity contribution in [3.05, 3.63) is 35.4 Å². The molecule has 2 aliphatic rings. The predicted octanol–water partition coefficient (Wildman–Crippen LogP) is 7.63. The third kappa shape index (κ3) is 5.35. The molecule has 0 radical (unpaired) electrons. The molecular formula is C25H35F. The third-order valence-corrected chi connectivity index (χ3v) is 7.12. The maximum Gasteiger partial charge on any atom is 0.111 e. The van der Waals surface area contributed by atoms with Crippen LogP contribution in [-0.2, 0) is 0 Å². The first-order valence-electron chi connectivity index (χ1n) is 11.0. The second kappa shape index (κ2) is 10.1. The minimum absolute atomic E-state index is 0.698. The Hall–Kier alpha value is -1.29. The molecule has 0 saturated heterocycles. The van der Waals surface area contributed by atoms with Gasteiger partial charge in [0.2, 0.25) is 0 Å². The quantitative estimate of drug-likeness (QED) is 0.364. The van der Waals surface area contributed by atoms with Gasteiger partial charge in [0.05, 0.1) is 0 Å². The van der Waals surface area contributed by atoms with Crippen LogP contribution in [0.1, 0.15) is 101 Å². The van der Waals surface area contributed by atoms with Crippen molar-refractivity contribution in [2.24, 2.45) is 17.8 Å². The van der Waals surface area contributed by atoms with Crippen molar-refractivity contribution in [2.45, 2.75) is 89.9 Å². The van der Waals surface area contributed by atoms with Crippen LogP contribution in [0.4, 0.5) is 4.39 Å². The van der Waals surface area contributed by atoms with Crippen LogP contribution in [0.3, 0.4) is 0 Å². The fraction of sp³-hybridized carbons (Fsp3) is 0.680. The number of unbranched alkanes of at least 4 members (excludes halogenated alkanes) is 2. The highest BCUT2D eigenvalue weighted by molar-refractivity contribution is 5.36. The summed E-state index contributed by atoms with van der Waals surface area (Å²) in [5, 5.41) is 0. The van der Waals surface area contributed by atoms with Gasteiger partial charge in [-0.05, 0) is 85.8 Å². The molecule has 1 aromatic carbocycles. The van der Waals surface area contributed by atoms with E-state index in [0.717, 1.165) is 23.3 Å². The molecule has 0 heterocycles. The van der Waals surface area contributed by atoms with Gasteiger partial charge in [-0.2, -0.15) is 0 Å². The summed E-state index contributed by atoms with van der Waals surface area (Å²) in [4.78, 5) is 0. The summed E-state index contributed by atoms with van der Waals surface area (Å²) in [7, 11) is 0. The zero-order valence-electron chi connectivity index (χ0n) is 16.5. The van der Waals surface area contributed by atoms with Crippen molar-refractivity contribution in [3.8, 4) is 12.1 Å². The van der Waals surface area contributed by atoms with Crippen molar-refractivity contribution in [3.63, 3.8) is 0 Å². The molecule has 2 saturated carbocycles. The van der Waals surface area contributed by atoms with Crippen LogP contribution < -0.4 is 0 Å². The second-order valence-corrected chi connectivity index (χ2v) is 8.73. The third-order valence-electron chi connectivity index (χ3n) is 7.12. The summed E-state index contributed by atoms with van der Waals surface area (Å²) >= 11 is 0. The minimum Gasteiger partial charge on any atom is -0.144 e. The lowest BCUT2D eigenvalue weighted by Crippen LogP contribution is -2.25. The van der Waals surface area contributed by atoms with Crippen LogP contribution in [0.2, 0.25) is 0 Å². The molecule has 142 valence electrons. The van der Waals surface area contributed by atoms with Crippen LogP contribution in [-0.4, -0.2) is 0 Å². The molecule has 1 aromatic rings. The molecule has 0 N–H and O–H groups in total. The molecule has 0 nitrogen and oxygen atoms in total. The van der Waals surface area contributed by atoms with Crippen LogP contribution in [0, 0.1) is 29.8 Å². The smallest absolute Gasteiger partial charge is 0.111 e. The zero-order valence-corrected chi connectivity index (χ0v) is 16.5. The topological polar surface area (TPSA) is 0 Å². The van der Waals surface area contributed by atoms with E-state index in [2.05, 4.69) is 25.0 Å². The molecule has 26 heavy (non-hydrogen) atoms. The molecule has 0 atom stereocenters. The van der Waals surface area contributed by atoms with Gasteiger partial charge in [0.25, 0.3) is 0 Å². The number of hydrogen-bond donors (Lipinski definition) is 0. The standard InChI is InChI=1S/C25H35F/c1-2-3-4-5-20-6-10-22(11-7-20)24-14-16-25(17-15-24)23-12-8-21(9-13-23)18-19-26/h8-9,12-13,20,22,24-25H,2-7,10-11,14-17H2,1H3/t20-,22-,24?,25?. The fourth-order valence-corrected chi connectivity index (χ4v) is 5.45. The molecule has 0 aromatic heterocycles. The monoisotopic (exact) mass is 354 g/mol. The van der Waals surface area contributed by atoms with Crippen LogP contribution >= 0.6 is 0 Å². The maximum absolute atomic E-state index is 12.1. The summed E-state index contributed by atoms with van der Waals surface area (Å²) in [6.45, 7) is 2.31. The van der Waals surface area contributed by atoms with Crippen molar-refractivity contribution in [2.75, 3.05) is 0 Å². The van der Waals surface area contributed by atoms with Crippen LogP contribution in [0.5, 0.6) is 0 Å². The van der Waals surface area contributed by atoms with E-state index < -0.39 is 0 Å². The predicted molar refractivity (Wildman–Crippen MR) is 109 cm³/mol. The second-order valence-electron chi connectivity index (χ2n) is 8.73. The summed E-state index contributed by atoms with van der Waals surface area (Å²) in [6.07, 6.45) is 18.6. The maximum atomic E-state index is 12.1. The molecule has 0 unspecified atom stereocenters. The molecule has 0 bridgehead atoms. The molecular weight excluding hydrogens is 319 g/mol. The van der Waals surface area contributed by atoms with Crippen molar-refractivity contribution >= 4 is 0 Å². The Kier molecular flexibility index (Phi) is 7.60. The lowest BCUT2D eigenvalue weighted by Gasteiger charge is -2.38. The van der Waals surface area contributed by atoms with E-state index in [4.69, 9.17) is 0 Å². The number of hydrogen-bond acceptors (Lipinski definition) is 0. The lowest BCUT2D eigenvalue weighted by molar-refractivity contribution is 0.155. The van der Waals surface area contributed by atoms with Crippen molar-refractivity contribution < 1.29 is 4.39 Å². The molecule has 2 aliphatic carbocycles. The highest BCUT2D eigenvalue weighted by Gasteiger charge is 2.31. The van der Waals surface area contributed by atoms with E-state index in [9.17, 15) is 4.39 Å². The Balaban J connectivity index is 1.42.